The first-order valence-corrected chi connectivity index (χ1v) is 13.0. The first-order chi connectivity index (χ1) is 18.5. The van der Waals surface area contributed by atoms with Gasteiger partial charge in [0.05, 0.1) is 17.6 Å². The van der Waals surface area contributed by atoms with Crippen LogP contribution in [0.3, 0.4) is 0 Å². The van der Waals surface area contributed by atoms with E-state index in [9.17, 15) is 9.59 Å². The summed E-state index contributed by atoms with van der Waals surface area (Å²) in [7, 11) is 0. The van der Waals surface area contributed by atoms with E-state index < -0.39 is 0 Å². The largest absolute Gasteiger partial charge is 0.353 e. The molecule has 1 aliphatic rings. The zero-order chi connectivity index (χ0) is 26.2. The maximum absolute atomic E-state index is 13.2. The van der Waals surface area contributed by atoms with E-state index in [0.717, 1.165) is 64.7 Å². The molecule has 9 nitrogen and oxygen atoms in total. The molecule has 1 aliphatic heterocycles. The highest BCUT2D eigenvalue weighted by atomic mass is 16.2. The standard InChI is InChI=1S/C29H29N7O2/c1-17(2)10-26(37)32-20-11-18(14-30-16-20)19-12-23-27(34-35-28(23)31-15-19)25-13-22-21(6-5-7-24(22)33-25)29(38)36-8-3-4-9-36/h5-7,11-17,33H,3-4,8-10H2,1-2H3,(H,32,37)(H,31,34,35). The van der Waals surface area contributed by atoms with Crippen molar-refractivity contribution in [1.82, 2.24) is 30.0 Å². The minimum absolute atomic E-state index is 0.0361. The number of carbonyl (C=O) groups is 2. The molecule has 9 heteroatoms. The van der Waals surface area contributed by atoms with E-state index in [1.165, 1.54) is 0 Å². The Hall–Kier alpha value is -4.53. The minimum Gasteiger partial charge on any atom is -0.353 e. The van der Waals surface area contributed by atoms with Gasteiger partial charge in [0, 0.05) is 64.9 Å². The lowest BCUT2D eigenvalue weighted by Gasteiger charge is -2.15. The maximum Gasteiger partial charge on any atom is 0.254 e. The number of amides is 2. The Morgan fingerprint density at radius 3 is 2.66 bits per heavy atom. The van der Waals surface area contributed by atoms with Gasteiger partial charge in [0.2, 0.25) is 5.91 Å². The normalized spacial score (nSPS) is 13.6. The molecule has 1 fully saturated rings. The lowest BCUT2D eigenvalue weighted by atomic mass is 10.1. The molecule has 1 aromatic carbocycles. The number of pyridine rings is 2. The predicted octanol–water partition coefficient (Wildman–Crippen LogP) is 5.39. The quantitative estimate of drug-likeness (QED) is 0.285. The van der Waals surface area contributed by atoms with Crippen LogP contribution in [0.1, 0.15) is 43.5 Å². The summed E-state index contributed by atoms with van der Waals surface area (Å²) in [4.78, 5) is 39.7. The lowest BCUT2D eigenvalue weighted by Crippen LogP contribution is -2.27. The van der Waals surface area contributed by atoms with Gasteiger partial charge < -0.3 is 15.2 Å². The Morgan fingerprint density at radius 2 is 1.84 bits per heavy atom. The van der Waals surface area contributed by atoms with E-state index in [2.05, 4.69) is 30.5 Å². The monoisotopic (exact) mass is 507 g/mol. The molecule has 5 heterocycles. The number of carbonyl (C=O) groups excluding carboxylic acids is 2. The molecule has 0 spiro atoms. The molecular weight excluding hydrogens is 478 g/mol. The number of hydrogen-bond donors (Lipinski definition) is 3. The number of hydrogen-bond acceptors (Lipinski definition) is 5. The van der Waals surface area contributed by atoms with Crippen LogP contribution in [0.2, 0.25) is 0 Å². The second kappa shape index (κ2) is 9.74. The topological polar surface area (TPSA) is 120 Å². The van der Waals surface area contributed by atoms with E-state index in [-0.39, 0.29) is 17.7 Å². The van der Waals surface area contributed by atoms with Crippen molar-refractivity contribution in [3.63, 3.8) is 0 Å². The number of rotatable bonds is 6. The van der Waals surface area contributed by atoms with Crippen LogP contribution >= 0.6 is 0 Å². The van der Waals surface area contributed by atoms with Gasteiger partial charge in [0.25, 0.3) is 5.91 Å². The summed E-state index contributed by atoms with van der Waals surface area (Å²) in [5, 5.41) is 12.2. The van der Waals surface area contributed by atoms with Crippen molar-refractivity contribution in [2.24, 2.45) is 5.92 Å². The highest BCUT2D eigenvalue weighted by Crippen LogP contribution is 2.32. The second-order valence-electron chi connectivity index (χ2n) is 10.2. The highest BCUT2D eigenvalue weighted by molar-refractivity contribution is 6.08. The number of H-pyrrole nitrogens is 2. The van der Waals surface area contributed by atoms with Crippen LogP contribution in [0.4, 0.5) is 5.69 Å². The molecule has 1 saturated heterocycles. The van der Waals surface area contributed by atoms with E-state index >= 15 is 0 Å². The zero-order valence-electron chi connectivity index (χ0n) is 21.4. The van der Waals surface area contributed by atoms with Gasteiger partial charge >= 0.3 is 0 Å². The molecule has 5 aromatic rings. The summed E-state index contributed by atoms with van der Waals surface area (Å²) >= 11 is 0. The first-order valence-electron chi connectivity index (χ1n) is 13.0. The number of aromatic nitrogens is 5. The summed E-state index contributed by atoms with van der Waals surface area (Å²) in [5.74, 6) is 0.310. The predicted molar refractivity (Wildman–Crippen MR) is 148 cm³/mol. The average molecular weight is 508 g/mol. The van der Waals surface area contributed by atoms with Gasteiger partial charge in [0.15, 0.2) is 5.65 Å². The van der Waals surface area contributed by atoms with Crippen LogP contribution in [0.15, 0.2) is 55.0 Å². The highest BCUT2D eigenvalue weighted by Gasteiger charge is 2.22. The fraction of sp³-hybridized carbons (Fsp3) is 0.276. The second-order valence-corrected chi connectivity index (χ2v) is 10.2. The Morgan fingerprint density at radius 1 is 1.03 bits per heavy atom. The van der Waals surface area contributed by atoms with Crippen molar-refractivity contribution in [2.75, 3.05) is 18.4 Å². The molecule has 0 aliphatic carbocycles. The van der Waals surface area contributed by atoms with Gasteiger partial charge in [-0.25, -0.2) is 4.98 Å². The molecule has 38 heavy (non-hydrogen) atoms. The van der Waals surface area contributed by atoms with Crippen LogP contribution in [-0.2, 0) is 4.79 Å². The van der Waals surface area contributed by atoms with Crippen LogP contribution in [0.5, 0.6) is 0 Å². The molecule has 192 valence electrons. The molecule has 0 bridgehead atoms. The molecular formula is C29H29N7O2. The molecule has 0 atom stereocenters. The third kappa shape index (κ3) is 4.51. The molecule has 4 aromatic heterocycles. The average Bonchev–Trinajstić information content (AvgIpc) is 3.66. The van der Waals surface area contributed by atoms with Crippen molar-refractivity contribution in [2.45, 2.75) is 33.1 Å². The Labute approximate surface area is 219 Å². The number of nitrogens with zero attached hydrogens (tertiary/aromatic N) is 4. The fourth-order valence-corrected chi connectivity index (χ4v) is 5.08. The molecule has 2 amide bonds. The summed E-state index contributed by atoms with van der Waals surface area (Å²) in [6, 6.07) is 11.7. The number of benzene rings is 1. The Kier molecular flexibility index (Phi) is 6.11. The number of aromatic amines is 2. The smallest absolute Gasteiger partial charge is 0.254 e. The van der Waals surface area contributed by atoms with Crippen LogP contribution in [0.25, 0.3) is 44.5 Å². The minimum atomic E-state index is -0.0361. The van der Waals surface area contributed by atoms with Gasteiger partial charge in [-0.15, -0.1) is 0 Å². The van der Waals surface area contributed by atoms with Crippen molar-refractivity contribution in [3.8, 4) is 22.5 Å². The number of nitrogens with one attached hydrogen (secondary N) is 3. The summed E-state index contributed by atoms with van der Waals surface area (Å²) in [6.07, 6.45) is 7.71. The lowest BCUT2D eigenvalue weighted by molar-refractivity contribution is -0.116. The number of likely N-dealkylation sites (tertiary alicyclic amines) is 1. The summed E-state index contributed by atoms with van der Waals surface area (Å²) in [6.45, 7) is 5.64. The molecule has 0 unspecified atom stereocenters. The first kappa shape index (κ1) is 23.8. The summed E-state index contributed by atoms with van der Waals surface area (Å²) in [5.41, 5.74) is 6.11. The van der Waals surface area contributed by atoms with E-state index in [1.54, 1.807) is 18.6 Å². The van der Waals surface area contributed by atoms with Crippen molar-refractivity contribution >= 4 is 39.4 Å². The molecule has 6 rings (SSSR count). The van der Waals surface area contributed by atoms with E-state index in [1.807, 2.05) is 55.1 Å². The Bertz CT molecular complexity index is 1660. The van der Waals surface area contributed by atoms with Crippen LogP contribution < -0.4 is 5.32 Å². The van der Waals surface area contributed by atoms with Gasteiger partial charge in [0.1, 0.15) is 5.69 Å². The molecule has 3 N–H and O–H groups in total. The van der Waals surface area contributed by atoms with E-state index in [4.69, 9.17) is 0 Å². The van der Waals surface area contributed by atoms with Gasteiger partial charge in [-0.3, -0.25) is 19.7 Å². The van der Waals surface area contributed by atoms with Crippen molar-refractivity contribution in [3.05, 3.63) is 60.6 Å². The number of anilines is 1. The van der Waals surface area contributed by atoms with Gasteiger partial charge in [-0.2, -0.15) is 5.10 Å². The maximum atomic E-state index is 13.2. The van der Waals surface area contributed by atoms with Crippen LogP contribution in [-0.4, -0.2) is 55.0 Å². The molecule has 0 radical (unpaired) electrons. The van der Waals surface area contributed by atoms with Gasteiger partial charge in [-0.1, -0.05) is 19.9 Å². The van der Waals surface area contributed by atoms with Crippen LogP contribution in [0, 0.1) is 5.92 Å². The van der Waals surface area contributed by atoms with E-state index in [0.29, 0.717) is 23.3 Å². The fourth-order valence-electron chi connectivity index (χ4n) is 5.08. The van der Waals surface area contributed by atoms with Crippen molar-refractivity contribution in [1.29, 1.82) is 0 Å². The third-order valence-corrected chi connectivity index (χ3v) is 6.91. The summed E-state index contributed by atoms with van der Waals surface area (Å²) < 4.78 is 0. The zero-order valence-corrected chi connectivity index (χ0v) is 21.4. The third-order valence-electron chi connectivity index (χ3n) is 6.91. The number of fused-ring (bicyclic) bond motifs is 2. The van der Waals surface area contributed by atoms with Crippen molar-refractivity contribution < 1.29 is 9.59 Å². The van der Waals surface area contributed by atoms with Gasteiger partial charge in [-0.05, 0) is 49.1 Å². The molecule has 0 saturated carbocycles. The Balaban J connectivity index is 1.35. The SMILES string of the molecule is CC(C)CC(=O)Nc1cncc(-c2cnc3[nH]nc(-c4cc5c(C(=O)N6CCCC6)cccc5[nH]4)c3c2)c1.